The van der Waals surface area contributed by atoms with Crippen molar-refractivity contribution in [1.82, 2.24) is 9.80 Å². The lowest BCUT2D eigenvalue weighted by atomic mass is 9.95. The number of nitrogens with zero attached hydrogens (tertiary/aromatic N) is 2. The molecule has 1 atom stereocenters. The Kier molecular flexibility index (Phi) is 9.40. The van der Waals surface area contributed by atoms with Gasteiger partial charge in [-0.3, -0.25) is 9.59 Å². The van der Waals surface area contributed by atoms with Gasteiger partial charge in [-0.1, -0.05) is 75.2 Å². The van der Waals surface area contributed by atoms with Crippen molar-refractivity contribution in [1.29, 1.82) is 0 Å². The molecule has 0 bridgehead atoms. The van der Waals surface area contributed by atoms with Gasteiger partial charge < -0.3 is 14.9 Å². The van der Waals surface area contributed by atoms with Crippen LogP contribution in [-0.2, 0) is 9.59 Å². The topological polar surface area (TPSA) is 60.9 Å². The second-order valence-corrected chi connectivity index (χ2v) is 8.78. The Morgan fingerprint density at radius 2 is 1.50 bits per heavy atom. The van der Waals surface area contributed by atoms with Crippen molar-refractivity contribution in [2.45, 2.75) is 52.0 Å². The fourth-order valence-electron chi connectivity index (χ4n) is 4.45. The van der Waals surface area contributed by atoms with E-state index in [1.807, 2.05) is 0 Å². The second kappa shape index (κ2) is 12.5. The first-order chi connectivity index (χ1) is 16.5. The first-order valence-corrected chi connectivity index (χ1v) is 12.3. The number of likely N-dealkylation sites (tertiary alicyclic amines) is 1. The quantitative estimate of drug-likeness (QED) is 0.253. The monoisotopic (exact) mass is 466 g/mol. The van der Waals surface area contributed by atoms with Crippen LogP contribution in [0.4, 0.5) is 4.39 Å². The Labute approximate surface area is 201 Å². The third-order valence-corrected chi connectivity index (χ3v) is 6.32. The molecule has 1 heterocycles. The number of rotatable bonds is 12. The first kappa shape index (κ1) is 25.6. The summed E-state index contributed by atoms with van der Waals surface area (Å²) < 4.78 is 14.9. The van der Waals surface area contributed by atoms with Gasteiger partial charge in [0.2, 0.25) is 0 Å². The van der Waals surface area contributed by atoms with E-state index in [0.29, 0.717) is 18.5 Å². The van der Waals surface area contributed by atoms with E-state index in [1.165, 1.54) is 11.0 Å². The molecule has 0 aromatic heterocycles. The average Bonchev–Trinajstić information content (AvgIpc) is 3.10. The number of hydrogen-bond donors (Lipinski definition) is 1. The Hall–Kier alpha value is -2.99. The summed E-state index contributed by atoms with van der Waals surface area (Å²) in [6, 6.07) is 13.8. The number of aliphatic hydroxyl groups excluding tert-OH is 1. The Balaban J connectivity index is 1.90. The number of Topliss-reactive ketones (excluding diaryl/α,β-unsaturated/α-hetero) is 1. The zero-order chi connectivity index (χ0) is 24.5. The molecule has 5 nitrogen and oxygen atoms in total. The summed E-state index contributed by atoms with van der Waals surface area (Å²) in [6.07, 6.45) is 5.12. The smallest absolute Gasteiger partial charge is 0.295 e. The normalized spacial score (nSPS) is 17.6. The van der Waals surface area contributed by atoms with E-state index in [-0.39, 0.29) is 16.9 Å². The number of carbonyl (C=O) groups is 2. The lowest BCUT2D eigenvalue weighted by molar-refractivity contribution is -0.140. The van der Waals surface area contributed by atoms with Crippen molar-refractivity contribution in [2.24, 2.45) is 0 Å². The van der Waals surface area contributed by atoms with Crippen molar-refractivity contribution in [3.63, 3.8) is 0 Å². The lowest BCUT2D eigenvalue weighted by Gasteiger charge is -2.27. The minimum absolute atomic E-state index is 0.0601. The van der Waals surface area contributed by atoms with Crippen LogP contribution in [-0.4, -0.2) is 52.8 Å². The molecule has 1 aliphatic heterocycles. The lowest BCUT2D eigenvalue weighted by Crippen LogP contribution is -2.34. The number of ketones is 1. The maximum atomic E-state index is 14.9. The third kappa shape index (κ3) is 5.92. The summed E-state index contributed by atoms with van der Waals surface area (Å²) >= 11 is 0. The summed E-state index contributed by atoms with van der Waals surface area (Å²) in [5.41, 5.74) is 0.579. The molecule has 34 heavy (non-hydrogen) atoms. The zero-order valence-electron chi connectivity index (χ0n) is 20.2. The number of amides is 1. The van der Waals surface area contributed by atoms with Gasteiger partial charge in [-0.25, -0.2) is 4.39 Å². The molecule has 1 amide bonds. The van der Waals surface area contributed by atoms with Gasteiger partial charge in [-0.05, 0) is 45.0 Å². The SMILES string of the molecule is CCCCN(CCCC)CCCN1C(=O)C(=O)/C(=C(\O)c2ccccc2)C1c1ccccc1F. The van der Waals surface area contributed by atoms with Crippen molar-refractivity contribution in [3.05, 3.63) is 77.1 Å². The van der Waals surface area contributed by atoms with Crippen LogP contribution in [0.1, 0.15) is 63.1 Å². The van der Waals surface area contributed by atoms with E-state index >= 15 is 0 Å². The molecule has 2 aromatic carbocycles. The molecule has 3 rings (SSSR count). The van der Waals surface area contributed by atoms with Crippen LogP contribution in [0.5, 0.6) is 0 Å². The van der Waals surface area contributed by atoms with Crippen LogP contribution in [0.2, 0.25) is 0 Å². The van der Waals surface area contributed by atoms with Gasteiger partial charge in [0, 0.05) is 17.7 Å². The van der Waals surface area contributed by atoms with E-state index in [4.69, 9.17) is 0 Å². The molecular weight excluding hydrogens is 431 g/mol. The van der Waals surface area contributed by atoms with E-state index in [9.17, 15) is 19.1 Å². The molecule has 1 saturated heterocycles. The maximum Gasteiger partial charge on any atom is 0.295 e. The minimum atomic E-state index is -0.957. The molecule has 182 valence electrons. The highest BCUT2D eigenvalue weighted by Crippen LogP contribution is 2.40. The molecule has 0 radical (unpaired) electrons. The Bertz CT molecular complexity index is 998. The number of carbonyl (C=O) groups excluding carboxylic acids is 2. The number of hydrogen-bond acceptors (Lipinski definition) is 4. The molecule has 0 saturated carbocycles. The second-order valence-electron chi connectivity index (χ2n) is 8.78. The molecule has 1 aliphatic rings. The molecule has 2 aromatic rings. The summed E-state index contributed by atoms with van der Waals surface area (Å²) in [5.74, 6) is -2.25. The van der Waals surface area contributed by atoms with Gasteiger partial charge in [0.1, 0.15) is 11.6 Å². The van der Waals surface area contributed by atoms with Crippen molar-refractivity contribution < 1.29 is 19.1 Å². The van der Waals surface area contributed by atoms with E-state index in [0.717, 1.165) is 45.3 Å². The van der Waals surface area contributed by atoms with Crippen molar-refractivity contribution in [2.75, 3.05) is 26.2 Å². The summed E-state index contributed by atoms with van der Waals surface area (Å²) in [4.78, 5) is 29.9. The van der Waals surface area contributed by atoms with Crippen LogP contribution in [0.3, 0.4) is 0 Å². The predicted octanol–water partition coefficient (Wildman–Crippen LogP) is 5.54. The number of benzene rings is 2. The molecule has 1 fully saturated rings. The first-order valence-electron chi connectivity index (χ1n) is 12.3. The third-order valence-electron chi connectivity index (χ3n) is 6.32. The largest absolute Gasteiger partial charge is 0.507 e. The van der Waals surface area contributed by atoms with Crippen molar-refractivity contribution in [3.8, 4) is 0 Å². The van der Waals surface area contributed by atoms with Gasteiger partial charge in [-0.15, -0.1) is 0 Å². The fraction of sp³-hybridized carbons (Fsp3) is 0.429. The Morgan fingerprint density at radius 1 is 0.912 bits per heavy atom. The molecular formula is C28H35FN2O3. The summed E-state index contributed by atoms with van der Waals surface area (Å²) in [5, 5.41) is 11.0. The standard InChI is InChI=1S/C28H35FN2O3/c1-3-5-17-30(18-6-4-2)19-12-20-31-25(22-15-10-11-16-23(22)29)24(27(33)28(31)34)26(32)21-13-8-7-9-14-21/h7-11,13-16,25,32H,3-6,12,17-20H2,1-2H3/b26-24-. The average molecular weight is 467 g/mol. The summed E-state index contributed by atoms with van der Waals surface area (Å²) in [7, 11) is 0. The predicted molar refractivity (Wildman–Crippen MR) is 133 cm³/mol. The molecule has 6 heteroatoms. The van der Waals surface area contributed by atoms with Crippen molar-refractivity contribution >= 4 is 17.4 Å². The van der Waals surface area contributed by atoms with E-state index < -0.39 is 23.5 Å². The Morgan fingerprint density at radius 3 is 2.12 bits per heavy atom. The molecule has 1 unspecified atom stereocenters. The molecule has 1 N–H and O–H groups in total. The fourth-order valence-corrected chi connectivity index (χ4v) is 4.45. The highest BCUT2D eigenvalue weighted by molar-refractivity contribution is 6.46. The van der Waals surface area contributed by atoms with Crippen LogP contribution in [0.15, 0.2) is 60.2 Å². The number of halogens is 1. The van der Waals surface area contributed by atoms with Crippen LogP contribution in [0.25, 0.3) is 5.76 Å². The molecule has 0 spiro atoms. The zero-order valence-corrected chi connectivity index (χ0v) is 20.2. The summed E-state index contributed by atoms with van der Waals surface area (Å²) in [6.45, 7) is 7.44. The minimum Gasteiger partial charge on any atom is -0.507 e. The van der Waals surface area contributed by atoms with Gasteiger partial charge in [-0.2, -0.15) is 0 Å². The van der Waals surface area contributed by atoms with E-state index in [1.54, 1.807) is 48.5 Å². The van der Waals surface area contributed by atoms with Gasteiger partial charge in [0.05, 0.1) is 11.6 Å². The highest BCUT2D eigenvalue weighted by atomic mass is 19.1. The van der Waals surface area contributed by atoms with Gasteiger partial charge in [0.25, 0.3) is 11.7 Å². The van der Waals surface area contributed by atoms with Crippen LogP contribution in [0, 0.1) is 5.82 Å². The van der Waals surface area contributed by atoms with Gasteiger partial charge >= 0.3 is 0 Å². The van der Waals surface area contributed by atoms with Crippen LogP contribution >= 0.6 is 0 Å². The number of aliphatic hydroxyl groups is 1. The highest BCUT2D eigenvalue weighted by Gasteiger charge is 2.46. The molecule has 0 aliphatic carbocycles. The van der Waals surface area contributed by atoms with Gasteiger partial charge in [0.15, 0.2) is 0 Å². The van der Waals surface area contributed by atoms with E-state index in [2.05, 4.69) is 18.7 Å². The van der Waals surface area contributed by atoms with Crippen LogP contribution < -0.4 is 0 Å². The maximum absolute atomic E-state index is 14.9. The number of unbranched alkanes of at least 4 members (excludes halogenated alkanes) is 2.